The minimum Gasteiger partial charge on any atom is -0.496 e. The first-order chi connectivity index (χ1) is 10.3. The Morgan fingerprint density at radius 3 is 2.19 bits per heavy atom. The Bertz CT molecular complexity index is 755. The van der Waals surface area contributed by atoms with Crippen LogP contribution < -0.4 is 14.2 Å². The first-order valence-corrected chi connectivity index (χ1v) is 6.52. The molecule has 0 atom stereocenters. The number of hydrogen-bond acceptors (Lipinski definition) is 4. The molecule has 0 bridgehead atoms. The highest BCUT2D eigenvalue weighted by molar-refractivity contribution is 5.96. The fraction of sp³-hybridized carbons (Fsp3) is 0.188. The number of aromatic nitrogens is 2. The molecule has 0 radical (unpaired) electrons. The lowest BCUT2D eigenvalue weighted by Gasteiger charge is -2.13. The van der Waals surface area contributed by atoms with Crippen molar-refractivity contribution in [1.82, 2.24) is 10.2 Å². The van der Waals surface area contributed by atoms with Crippen LogP contribution in [0.1, 0.15) is 0 Å². The molecular formula is C16H16N2O3. The van der Waals surface area contributed by atoms with E-state index in [0.717, 1.165) is 22.2 Å². The van der Waals surface area contributed by atoms with Crippen LogP contribution in [0.2, 0.25) is 0 Å². The molecular weight excluding hydrogens is 268 g/mol. The van der Waals surface area contributed by atoms with Crippen molar-refractivity contribution in [3.8, 4) is 28.5 Å². The van der Waals surface area contributed by atoms with E-state index in [1.807, 2.05) is 36.4 Å². The zero-order valence-electron chi connectivity index (χ0n) is 12.1. The number of aromatic amines is 1. The number of para-hydroxylation sites is 1. The van der Waals surface area contributed by atoms with Crippen molar-refractivity contribution in [3.05, 3.63) is 36.4 Å². The van der Waals surface area contributed by atoms with Gasteiger partial charge < -0.3 is 14.2 Å². The van der Waals surface area contributed by atoms with Gasteiger partial charge in [-0.3, -0.25) is 5.10 Å². The molecule has 1 N–H and O–H groups in total. The van der Waals surface area contributed by atoms with Crippen LogP contribution in [-0.4, -0.2) is 31.5 Å². The highest BCUT2D eigenvalue weighted by Crippen LogP contribution is 2.43. The predicted molar refractivity (Wildman–Crippen MR) is 81.2 cm³/mol. The van der Waals surface area contributed by atoms with Crippen molar-refractivity contribution in [2.75, 3.05) is 21.3 Å². The number of hydrogen-bond donors (Lipinski definition) is 1. The minimum atomic E-state index is 0.656. The Kier molecular flexibility index (Phi) is 3.39. The number of nitrogens with zero attached hydrogens (tertiary/aromatic N) is 1. The molecule has 0 saturated heterocycles. The van der Waals surface area contributed by atoms with E-state index in [-0.39, 0.29) is 0 Å². The lowest BCUT2D eigenvalue weighted by molar-refractivity contribution is 0.377. The molecule has 3 aromatic rings. The third kappa shape index (κ3) is 2.16. The van der Waals surface area contributed by atoms with E-state index >= 15 is 0 Å². The van der Waals surface area contributed by atoms with E-state index in [1.165, 1.54) is 0 Å². The molecule has 3 rings (SSSR count). The summed E-state index contributed by atoms with van der Waals surface area (Å²) in [6.07, 6.45) is 0. The van der Waals surface area contributed by atoms with Crippen molar-refractivity contribution in [1.29, 1.82) is 0 Å². The molecule has 1 aromatic heterocycles. The van der Waals surface area contributed by atoms with Gasteiger partial charge in [-0.2, -0.15) is 5.10 Å². The summed E-state index contributed by atoms with van der Waals surface area (Å²) in [4.78, 5) is 0. The van der Waals surface area contributed by atoms with Gasteiger partial charge in [0, 0.05) is 17.5 Å². The minimum absolute atomic E-state index is 0.656. The second-order valence-electron chi connectivity index (χ2n) is 4.52. The largest absolute Gasteiger partial charge is 0.496 e. The molecule has 0 aliphatic rings. The Balaban J connectivity index is 2.30. The maximum atomic E-state index is 5.49. The fourth-order valence-electron chi connectivity index (χ4n) is 2.39. The number of H-pyrrole nitrogens is 1. The molecule has 0 saturated carbocycles. The molecule has 0 spiro atoms. The van der Waals surface area contributed by atoms with Gasteiger partial charge in [-0.25, -0.2) is 0 Å². The van der Waals surface area contributed by atoms with Gasteiger partial charge in [0.05, 0.1) is 32.4 Å². The van der Waals surface area contributed by atoms with E-state index in [2.05, 4.69) is 10.2 Å². The maximum Gasteiger partial charge on any atom is 0.135 e. The van der Waals surface area contributed by atoms with Gasteiger partial charge in [0.2, 0.25) is 0 Å². The second kappa shape index (κ2) is 5.36. The number of ether oxygens (including phenoxy) is 3. The zero-order valence-corrected chi connectivity index (χ0v) is 12.1. The number of rotatable bonds is 4. The lowest BCUT2D eigenvalue weighted by Crippen LogP contribution is -1.95. The summed E-state index contributed by atoms with van der Waals surface area (Å²) < 4.78 is 16.2. The van der Waals surface area contributed by atoms with Crippen LogP contribution in [0.4, 0.5) is 0 Å². The van der Waals surface area contributed by atoms with Crippen LogP contribution in [0.5, 0.6) is 17.2 Å². The summed E-state index contributed by atoms with van der Waals surface area (Å²) in [5.41, 5.74) is 2.56. The Labute approximate surface area is 122 Å². The Hall–Kier alpha value is -2.69. The van der Waals surface area contributed by atoms with Gasteiger partial charge in [-0.05, 0) is 6.07 Å². The van der Waals surface area contributed by atoms with E-state index in [1.54, 1.807) is 21.3 Å². The molecule has 2 aromatic carbocycles. The molecule has 108 valence electrons. The third-order valence-electron chi connectivity index (χ3n) is 3.42. The van der Waals surface area contributed by atoms with Gasteiger partial charge in [0.1, 0.15) is 22.9 Å². The second-order valence-corrected chi connectivity index (χ2v) is 4.52. The molecule has 0 fully saturated rings. The van der Waals surface area contributed by atoms with Crippen LogP contribution in [0, 0.1) is 0 Å². The summed E-state index contributed by atoms with van der Waals surface area (Å²) in [7, 11) is 4.84. The summed E-state index contributed by atoms with van der Waals surface area (Å²) >= 11 is 0. The smallest absolute Gasteiger partial charge is 0.135 e. The van der Waals surface area contributed by atoms with Crippen LogP contribution in [-0.2, 0) is 0 Å². The first kappa shape index (κ1) is 13.3. The van der Waals surface area contributed by atoms with Gasteiger partial charge in [-0.1, -0.05) is 18.2 Å². The number of nitrogens with one attached hydrogen (secondary N) is 1. The highest BCUT2D eigenvalue weighted by atomic mass is 16.5. The van der Waals surface area contributed by atoms with Gasteiger partial charge >= 0.3 is 0 Å². The van der Waals surface area contributed by atoms with Crippen molar-refractivity contribution < 1.29 is 14.2 Å². The zero-order chi connectivity index (χ0) is 14.8. The van der Waals surface area contributed by atoms with Crippen molar-refractivity contribution >= 4 is 10.9 Å². The fourth-order valence-corrected chi connectivity index (χ4v) is 2.39. The first-order valence-electron chi connectivity index (χ1n) is 6.52. The summed E-state index contributed by atoms with van der Waals surface area (Å²) in [6, 6.07) is 11.6. The molecule has 5 nitrogen and oxygen atoms in total. The molecule has 5 heteroatoms. The van der Waals surface area contributed by atoms with Crippen molar-refractivity contribution in [2.45, 2.75) is 0 Å². The number of fused-ring (bicyclic) bond motifs is 1. The average Bonchev–Trinajstić information content (AvgIpc) is 2.97. The van der Waals surface area contributed by atoms with E-state index in [0.29, 0.717) is 17.2 Å². The van der Waals surface area contributed by atoms with E-state index in [9.17, 15) is 0 Å². The predicted octanol–water partition coefficient (Wildman–Crippen LogP) is 3.26. The normalized spacial score (nSPS) is 10.6. The molecule has 0 unspecified atom stereocenters. The number of benzene rings is 2. The van der Waals surface area contributed by atoms with E-state index < -0.39 is 0 Å². The molecule has 0 amide bonds. The van der Waals surface area contributed by atoms with Gasteiger partial charge in [-0.15, -0.1) is 0 Å². The molecule has 0 aliphatic carbocycles. The van der Waals surface area contributed by atoms with Crippen molar-refractivity contribution in [3.63, 3.8) is 0 Å². The lowest BCUT2D eigenvalue weighted by atomic mass is 10.0. The van der Waals surface area contributed by atoms with Gasteiger partial charge in [0.15, 0.2) is 0 Å². The van der Waals surface area contributed by atoms with Crippen LogP contribution in [0.25, 0.3) is 22.2 Å². The van der Waals surface area contributed by atoms with Crippen molar-refractivity contribution in [2.24, 2.45) is 0 Å². The molecule has 0 aliphatic heterocycles. The third-order valence-corrected chi connectivity index (χ3v) is 3.42. The van der Waals surface area contributed by atoms with Crippen LogP contribution in [0.3, 0.4) is 0 Å². The monoisotopic (exact) mass is 284 g/mol. The molecule has 21 heavy (non-hydrogen) atoms. The summed E-state index contributed by atoms with van der Waals surface area (Å²) in [5, 5.41) is 8.45. The quantitative estimate of drug-likeness (QED) is 0.799. The SMILES string of the molecule is COc1cc(OC)c(-c2n[nH]c3ccccc23)c(OC)c1. The Morgan fingerprint density at radius 1 is 0.905 bits per heavy atom. The number of methoxy groups -OCH3 is 3. The topological polar surface area (TPSA) is 56.4 Å². The van der Waals surface area contributed by atoms with Crippen LogP contribution >= 0.6 is 0 Å². The summed E-state index contributed by atoms with van der Waals surface area (Å²) in [6.45, 7) is 0. The highest BCUT2D eigenvalue weighted by Gasteiger charge is 2.19. The van der Waals surface area contributed by atoms with Gasteiger partial charge in [0.25, 0.3) is 0 Å². The van der Waals surface area contributed by atoms with E-state index in [4.69, 9.17) is 14.2 Å². The summed E-state index contributed by atoms with van der Waals surface area (Å²) in [5.74, 6) is 1.99. The van der Waals surface area contributed by atoms with Crippen LogP contribution in [0.15, 0.2) is 36.4 Å². The maximum absolute atomic E-state index is 5.49. The average molecular weight is 284 g/mol. The Morgan fingerprint density at radius 2 is 1.57 bits per heavy atom. The standard InChI is InChI=1S/C16H16N2O3/c1-19-10-8-13(20-2)15(14(9-10)21-3)16-11-6-4-5-7-12(11)17-18-16/h4-9H,1-3H3,(H,17,18). The molecule has 1 heterocycles.